The Morgan fingerprint density at radius 1 is 1.11 bits per heavy atom. The largest absolute Gasteiger partial charge is 0.344 e. The summed E-state index contributed by atoms with van der Waals surface area (Å²) >= 11 is 1.31. The molecule has 37 heavy (non-hydrogen) atoms. The van der Waals surface area contributed by atoms with Crippen LogP contribution in [0.3, 0.4) is 0 Å². The molecule has 3 atom stereocenters. The van der Waals surface area contributed by atoms with Crippen molar-refractivity contribution in [2.75, 3.05) is 6.54 Å². The molecule has 2 aromatic rings. The maximum atomic E-state index is 13.4. The number of carbonyl (C=O) groups excluding carboxylic acids is 3. The van der Waals surface area contributed by atoms with Crippen molar-refractivity contribution >= 4 is 39.0 Å². The number of rotatable bonds is 8. The van der Waals surface area contributed by atoms with Crippen LogP contribution < -0.4 is 10.6 Å². The number of thiophene rings is 1. The molecule has 3 heterocycles. The first kappa shape index (κ1) is 27.4. The molecular weight excluding hydrogens is 512 g/mol. The maximum Gasteiger partial charge on any atom is 0.261 e. The second kappa shape index (κ2) is 12.3. The van der Waals surface area contributed by atoms with Crippen LogP contribution in [0.15, 0.2) is 46.9 Å². The summed E-state index contributed by atoms with van der Waals surface area (Å²) in [5.74, 6) is -0.753. The Morgan fingerprint density at radius 3 is 2.57 bits per heavy atom. The number of hydrogen-bond acceptors (Lipinski definition) is 7. The smallest absolute Gasteiger partial charge is 0.261 e. The lowest BCUT2D eigenvalue weighted by Crippen LogP contribution is -2.53. The van der Waals surface area contributed by atoms with Crippen LogP contribution in [0.25, 0.3) is 0 Å². The van der Waals surface area contributed by atoms with Crippen LogP contribution in [-0.4, -0.2) is 60.0 Å². The van der Waals surface area contributed by atoms with Gasteiger partial charge in [-0.15, -0.1) is 11.3 Å². The number of Topliss-reactive ketones (excluding diaryl/α,β-unsaturated/α-hetero) is 1. The van der Waals surface area contributed by atoms with E-state index in [1.54, 1.807) is 36.6 Å². The molecule has 200 valence electrons. The van der Waals surface area contributed by atoms with Crippen molar-refractivity contribution in [2.24, 2.45) is 5.92 Å². The quantitative estimate of drug-likeness (QED) is 0.524. The Balaban J connectivity index is 1.46. The van der Waals surface area contributed by atoms with Gasteiger partial charge in [0.1, 0.15) is 6.04 Å². The van der Waals surface area contributed by atoms with Gasteiger partial charge in [-0.2, -0.15) is 4.31 Å². The average molecular weight is 547 g/mol. The minimum Gasteiger partial charge on any atom is -0.344 e. The van der Waals surface area contributed by atoms with Crippen LogP contribution in [0.1, 0.15) is 68.0 Å². The van der Waals surface area contributed by atoms with Gasteiger partial charge >= 0.3 is 0 Å². The lowest BCUT2D eigenvalue weighted by molar-refractivity contribution is -0.129. The molecule has 0 radical (unpaired) electrons. The molecule has 0 bridgehead atoms. The standard InChI is InChI=1S/C26H34N4O5S2/c1-18-12-13-20(22(31)17-30(18)37(34,35)24-11-5-6-14-27-24)28-25(32)21(16-19-8-3-2-4-9-19)29-26(33)23-10-7-15-36-23/h5-7,10-11,14-15,18-21H,2-4,8-9,12-13,16-17H2,1H3,(H,28,32)(H,29,33). The fourth-order valence-electron chi connectivity index (χ4n) is 5.12. The van der Waals surface area contributed by atoms with Gasteiger partial charge in [-0.25, -0.2) is 13.4 Å². The van der Waals surface area contributed by atoms with Gasteiger partial charge in [0.25, 0.3) is 15.9 Å². The van der Waals surface area contributed by atoms with E-state index >= 15 is 0 Å². The van der Waals surface area contributed by atoms with E-state index in [1.165, 1.54) is 34.3 Å². The van der Waals surface area contributed by atoms with E-state index in [4.69, 9.17) is 0 Å². The van der Waals surface area contributed by atoms with Gasteiger partial charge in [0.15, 0.2) is 10.8 Å². The van der Waals surface area contributed by atoms with Crippen molar-refractivity contribution in [1.29, 1.82) is 0 Å². The molecule has 2 fully saturated rings. The number of pyridine rings is 1. The van der Waals surface area contributed by atoms with E-state index in [9.17, 15) is 22.8 Å². The summed E-state index contributed by atoms with van der Waals surface area (Å²) in [6, 6.07) is 6.09. The van der Waals surface area contributed by atoms with Gasteiger partial charge in [-0.05, 0) is 55.7 Å². The lowest BCUT2D eigenvalue weighted by Gasteiger charge is -2.27. The zero-order chi connectivity index (χ0) is 26.4. The molecule has 2 aliphatic rings. The fraction of sp³-hybridized carbons (Fsp3) is 0.538. The number of carbonyl (C=O) groups is 3. The minimum atomic E-state index is -3.96. The number of hydrogen-bond donors (Lipinski definition) is 2. The van der Waals surface area contributed by atoms with Gasteiger partial charge in [0.2, 0.25) is 5.91 Å². The zero-order valence-electron chi connectivity index (χ0n) is 21.0. The van der Waals surface area contributed by atoms with Crippen molar-refractivity contribution in [1.82, 2.24) is 19.9 Å². The van der Waals surface area contributed by atoms with Crippen molar-refractivity contribution in [3.63, 3.8) is 0 Å². The van der Waals surface area contributed by atoms with Gasteiger partial charge in [-0.1, -0.05) is 44.2 Å². The van der Waals surface area contributed by atoms with Crippen LogP contribution in [0.5, 0.6) is 0 Å². The molecular formula is C26H34N4O5S2. The topological polar surface area (TPSA) is 126 Å². The molecule has 9 nitrogen and oxygen atoms in total. The fourth-order valence-corrected chi connectivity index (χ4v) is 7.31. The highest BCUT2D eigenvalue weighted by Crippen LogP contribution is 2.28. The molecule has 2 N–H and O–H groups in total. The molecule has 1 aliphatic heterocycles. The highest BCUT2D eigenvalue weighted by Gasteiger charge is 2.38. The highest BCUT2D eigenvalue weighted by atomic mass is 32.2. The molecule has 2 aromatic heterocycles. The summed E-state index contributed by atoms with van der Waals surface area (Å²) in [4.78, 5) is 43.9. The van der Waals surface area contributed by atoms with E-state index in [0.29, 0.717) is 30.1 Å². The predicted molar refractivity (Wildman–Crippen MR) is 141 cm³/mol. The molecule has 11 heteroatoms. The molecule has 0 aromatic carbocycles. The van der Waals surface area contributed by atoms with Crippen molar-refractivity contribution in [3.05, 3.63) is 46.8 Å². The lowest BCUT2D eigenvalue weighted by atomic mass is 9.84. The summed E-state index contributed by atoms with van der Waals surface area (Å²) in [5.41, 5.74) is 0. The monoisotopic (exact) mass is 546 g/mol. The Bertz CT molecular complexity index is 1180. The van der Waals surface area contributed by atoms with E-state index in [0.717, 1.165) is 25.7 Å². The first-order valence-electron chi connectivity index (χ1n) is 12.9. The summed E-state index contributed by atoms with van der Waals surface area (Å²) < 4.78 is 27.5. The van der Waals surface area contributed by atoms with Crippen molar-refractivity contribution in [3.8, 4) is 0 Å². The Hall–Kier alpha value is -2.63. The zero-order valence-corrected chi connectivity index (χ0v) is 22.6. The predicted octanol–water partition coefficient (Wildman–Crippen LogP) is 3.14. The minimum absolute atomic E-state index is 0.110. The van der Waals surface area contributed by atoms with Crippen LogP contribution in [-0.2, 0) is 19.6 Å². The molecule has 1 saturated carbocycles. The third-order valence-electron chi connectivity index (χ3n) is 7.25. The van der Waals surface area contributed by atoms with Crippen LogP contribution in [0.2, 0.25) is 0 Å². The summed E-state index contributed by atoms with van der Waals surface area (Å²) in [6.07, 6.45) is 8.05. The maximum absolute atomic E-state index is 13.4. The molecule has 4 rings (SSSR count). The summed E-state index contributed by atoms with van der Waals surface area (Å²) in [5, 5.41) is 7.42. The number of ketones is 1. The number of amides is 2. The number of aromatic nitrogens is 1. The first-order chi connectivity index (χ1) is 17.8. The Labute approximate surface area is 222 Å². The van der Waals surface area contributed by atoms with Crippen molar-refractivity contribution in [2.45, 2.75) is 81.4 Å². The summed E-state index contributed by atoms with van der Waals surface area (Å²) in [7, 11) is -3.96. The van der Waals surface area contributed by atoms with Gasteiger partial charge < -0.3 is 10.6 Å². The number of nitrogens with zero attached hydrogens (tertiary/aromatic N) is 2. The van der Waals surface area contributed by atoms with Crippen LogP contribution in [0, 0.1) is 5.92 Å². The first-order valence-corrected chi connectivity index (χ1v) is 15.2. The number of nitrogens with one attached hydrogen (secondary N) is 2. The molecule has 3 unspecified atom stereocenters. The Morgan fingerprint density at radius 2 is 1.89 bits per heavy atom. The Kier molecular flexibility index (Phi) is 9.09. The SMILES string of the molecule is CC1CCC(NC(=O)C(CC2CCCCC2)NC(=O)c2cccs2)C(=O)CN1S(=O)(=O)c1ccccn1. The van der Waals surface area contributed by atoms with Gasteiger partial charge in [-0.3, -0.25) is 14.4 Å². The highest BCUT2D eigenvalue weighted by molar-refractivity contribution is 7.89. The van der Waals surface area contributed by atoms with E-state index in [-0.39, 0.29) is 23.3 Å². The summed E-state index contributed by atoms with van der Waals surface area (Å²) in [6.45, 7) is 1.41. The normalized spacial score (nSPS) is 22.7. The number of sulfonamides is 1. The molecule has 1 aliphatic carbocycles. The second-order valence-electron chi connectivity index (χ2n) is 9.92. The van der Waals surface area contributed by atoms with E-state index < -0.39 is 34.1 Å². The van der Waals surface area contributed by atoms with Crippen LogP contribution >= 0.6 is 11.3 Å². The second-order valence-corrected chi connectivity index (χ2v) is 12.7. The van der Waals surface area contributed by atoms with Gasteiger partial charge in [0, 0.05) is 12.2 Å². The van der Waals surface area contributed by atoms with Gasteiger partial charge in [0.05, 0.1) is 17.5 Å². The average Bonchev–Trinajstić information content (AvgIpc) is 3.40. The molecule has 2 amide bonds. The van der Waals surface area contributed by atoms with E-state index in [1.807, 2.05) is 0 Å². The molecule has 0 spiro atoms. The van der Waals surface area contributed by atoms with E-state index in [2.05, 4.69) is 15.6 Å². The van der Waals surface area contributed by atoms with Crippen molar-refractivity contribution < 1.29 is 22.8 Å². The third-order valence-corrected chi connectivity index (χ3v) is 10.00. The molecule has 1 saturated heterocycles. The van der Waals surface area contributed by atoms with Crippen LogP contribution in [0.4, 0.5) is 0 Å². The third kappa shape index (κ3) is 6.82.